The quantitative estimate of drug-likeness (QED) is 0.626. The molecule has 0 saturated carbocycles. The standard InChI is InChI=1S/C11H18N4O2S/c1-9-4-6-15(7-5-9)18(16,17)10-2-3-11(14-12)13-8-10/h2-3,8-9H,4-7,12H2,1H3,(H,13,14). The number of hydrazine groups is 1. The zero-order valence-corrected chi connectivity index (χ0v) is 11.2. The molecule has 7 heteroatoms. The molecule has 3 N–H and O–H groups in total. The van der Waals surface area contributed by atoms with E-state index >= 15 is 0 Å². The molecule has 1 aromatic rings. The van der Waals surface area contributed by atoms with Crippen molar-refractivity contribution < 1.29 is 8.42 Å². The maximum Gasteiger partial charge on any atom is 0.244 e. The van der Waals surface area contributed by atoms with Crippen LogP contribution in [0.15, 0.2) is 23.2 Å². The van der Waals surface area contributed by atoms with E-state index in [-0.39, 0.29) is 4.90 Å². The summed E-state index contributed by atoms with van der Waals surface area (Å²) < 4.78 is 26.2. The monoisotopic (exact) mass is 270 g/mol. The molecule has 0 aromatic carbocycles. The Hall–Kier alpha value is -1.18. The highest BCUT2D eigenvalue weighted by molar-refractivity contribution is 7.89. The third-order valence-corrected chi connectivity index (χ3v) is 5.15. The topological polar surface area (TPSA) is 88.3 Å². The average molecular weight is 270 g/mol. The van der Waals surface area contributed by atoms with Crippen LogP contribution in [0.4, 0.5) is 5.82 Å². The number of piperidine rings is 1. The van der Waals surface area contributed by atoms with Crippen molar-refractivity contribution in [1.29, 1.82) is 0 Å². The third-order valence-electron chi connectivity index (χ3n) is 3.26. The fraction of sp³-hybridized carbons (Fsp3) is 0.545. The number of nitrogens with two attached hydrogens (primary N) is 1. The van der Waals surface area contributed by atoms with Crippen molar-refractivity contribution in [2.45, 2.75) is 24.7 Å². The van der Waals surface area contributed by atoms with Gasteiger partial charge in [0.25, 0.3) is 0 Å². The second-order valence-electron chi connectivity index (χ2n) is 4.61. The zero-order chi connectivity index (χ0) is 13.2. The van der Waals surface area contributed by atoms with Gasteiger partial charge in [-0.1, -0.05) is 6.92 Å². The summed E-state index contributed by atoms with van der Waals surface area (Å²) in [6.45, 7) is 3.31. The molecule has 0 amide bonds. The van der Waals surface area contributed by atoms with Gasteiger partial charge in [0.1, 0.15) is 10.7 Å². The summed E-state index contributed by atoms with van der Waals surface area (Å²) in [4.78, 5) is 4.15. The van der Waals surface area contributed by atoms with E-state index in [4.69, 9.17) is 5.84 Å². The minimum atomic E-state index is -3.41. The van der Waals surface area contributed by atoms with Crippen LogP contribution in [0.1, 0.15) is 19.8 Å². The van der Waals surface area contributed by atoms with E-state index in [0.717, 1.165) is 12.8 Å². The highest BCUT2D eigenvalue weighted by Gasteiger charge is 2.28. The number of nitrogen functional groups attached to an aromatic ring is 1. The van der Waals surface area contributed by atoms with Crippen molar-refractivity contribution in [3.05, 3.63) is 18.3 Å². The van der Waals surface area contributed by atoms with Crippen LogP contribution in [0.5, 0.6) is 0 Å². The van der Waals surface area contributed by atoms with E-state index in [1.807, 2.05) is 0 Å². The van der Waals surface area contributed by atoms with Crippen molar-refractivity contribution >= 4 is 15.8 Å². The van der Waals surface area contributed by atoms with Gasteiger partial charge < -0.3 is 5.43 Å². The lowest BCUT2D eigenvalue weighted by Crippen LogP contribution is -2.37. The van der Waals surface area contributed by atoms with Gasteiger partial charge in [0.15, 0.2) is 0 Å². The lowest BCUT2D eigenvalue weighted by molar-refractivity contribution is 0.288. The molecule has 6 nitrogen and oxygen atoms in total. The Kier molecular flexibility index (Phi) is 3.84. The molecule has 0 atom stereocenters. The number of rotatable bonds is 3. The summed E-state index contributed by atoms with van der Waals surface area (Å²) in [5.74, 6) is 6.24. The van der Waals surface area contributed by atoms with Gasteiger partial charge in [-0.3, -0.25) is 0 Å². The summed E-state index contributed by atoms with van der Waals surface area (Å²) in [5.41, 5.74) is 2.37. The van der Waals surface area contributed by atoms with Gasteiger partial charge in [-0.25, -0.2) is 19.2 Å². The number of nitrogens with one attached hydrogen (secondary N) is 1. The van der Waals surface area contributed by atoms with Crippen molar-refractivity contribution in [2.75, 3.05) is 18.5 Å². The number of sulfonamides is 1. The number of hydrogen-bond acceptors (Lipinski definition) is 5. The van der Waals surface area contributed by atoms with Gasteiger partial charge in [-0.15, -0.1) is 0 Å². The maximum atomic E-state index is 12.3. The van der Waals surface area contributed by atoms with Gasteiger partial charge in [-0.2, -0.15) is 4.31 Å². The zero-order valence-electron chi connectivity index (χ0n) is 10.3. The molecule has 1 aliphatic rings. The first kappa shape index (κ1) is 13.3. The van der Waals surface area contributed by atoms with Gasteiger partial charge in [0.05, 0.1) is 0 Å². The van der Waals surface area contributed by atoms with Crippen LogP contribution in [0.3, 0.4) is 0 Å². The van der Waals surface area contributed by atoms with Gasteiger partial charge in [0.2, 0.25) is 10.0 Å². The fourth-order valence-electron chi connectivity index (χ4n) is 1.99. The second-order valence-corrected chi connectivity index (χ2v) is 6.55. The average Bonchev–Trinajstić information content (AvgIpc) is 2.39. The fourth-order valence-corrected chi connectivity index (χ4v) is 3.41. The van der Waals surface area contributed by atoms with Crippen LogP contribution in [0.25, 0.3) is 0 Å². The number of hydrogen-bond donors (Lipinski definition) is 2. The first-order valence-corrected chi connectivity index (χ1v) is 7.41. The maximum absolute atomic E-state index is 12.3. The Labute approximate surface area is 107 Å². The molecule has 1 aliphatic heterocycles. The number of anilines is 1. The molecular formula is C11H18N4O2S. The van der Waals surface area contributed by atoms with E-state index in [1.165, 1.54) is 16.6 Å². The largest absolute Gasteiger partial charge is 0.308 e. The highest BCUT2D eigenvalue weighted by atomic mass is 32.2. The molecule has 0 spiro atoms. The molecule has 0 bridgehead atoms. The Morgan fingerprint density at radius 2 is 2.06 bits per heavy atom. The van der Waals surface area contributed by atoms with Crippen molar-refractivity contribution in [3.8, 4) is 0 Å². The summed E-state index contributed by atoms with van der Waals surface area (Å²) in [7, 11) is -3.41. The first-order valence-electron chi connectivity index (χ1n) is 5.97. The van der Waals surface area contributed by atoms with Crippen LogP contribution >= 0.6 is 0 Å². The molecule has 2 heterocycles. The smallest absolute Gasteiger partial charge is 0.244 e. The molecule has 0 aliphatic carbocycles. The number of pyridine rings is 1. The van der Waals surface area contributed by atoms with Gasteiger partial charge in [-0.05, 0) is 30.9 Å². The SMILES string of the molecule is CC1CCN(S(=O)(=O)c2ccc(NN)nc2)CC1. The predicted octanol–water partition coefficient (Wildman–Crippen LogP) is 0.788. The van der Waals surface area contributed by atoms with Gasteiger partial charge in [0, 0.05) is 19.3 Å². The first-order chi connectivity index (χ1) is 8.54. The van der Waals surface area contributed by atoms with Crippen LogP contribution in [0, 0.1) is 5.92 Å². The van der Waals surface area contributed by atoms with Crippen molar-refractivity contribution in [3.63, 3.8) is 0 Å². The number of aromatic nitrogens is 1. The number of nitrogens with zero attached hydrogens (tertiary/aromatic N) is 2. The third kappa shape index (κ3) is 2.63. The Bertz CT molecular complexity index is 492. The van der Waals surface area contributed by atoms with Crippen molar-refractivity contribution in [2.24, 2.45) is 11.8 Å². The highest BCUT2D eigenvalue weighted by Crippen LogP contribution is 2.23. The Morgan fingerprint density at radius 3 is 2.56 bits per heavy atom. The summed E-state index contributed by atoms with van der Waals surface area (Å²) in [6, 6.07) is 3.08. The molecule has 2 rings (SSSR count). The Balaban J connectivity index is 2.19. The molecule has 0 radical (unpaired) electrons. The minimum Gasteiger partial charge on any atom is -0.308 e. The molecule has 1 aromatic heterocycles. The van der Waals surface area contributed by atoms with Crippen LogP contribution in [-0.2, 0) is 10.0 Å². The Morgan fingerprint density at radius 1 is 1.39 bits per heavy atom. The van der Waals surface area contributed by atoms with E-state index in [1.54, 1.807) is 6.07 Å². The van der Waals surface area contributed by atoms with Crippen LogP contribution < -0.4 is 11.3 Å². The molecule has 1 fully saturated rings. The molecular weight excluding hydrogens is 252 g/mol. The lowest BCUT2D eigenvalue weighted by Gasteiger charge is -2.29. The molecule has 18 heavy (non-hydrogen) atoms. The molecule has 0 unspecified atom stereocenters. The second kappa shape index (κ2) is 5.21. The van der Waals surface area contributed by atoms with Crippen LogP contribution in [-0.4, -0.2) is 30.8 Å². The predicted molar refractivity (Wildman–Crippen MR) is 69.2 cm³/mol. The summed E-state index contributed by atoms with van der Waals surface area (Å²) in [5, 5.41) is 0. The lowest BCUT2D eigenvalue weighted by atomic mass is 10.0. The van der Waals surface area contributed by atoms with E-state index in [2.05, 4.69) is 17.3 Å². The summed E-state index contributed by atoms with van der Waals surface area (Å²) >= 11 is 0. The normalized spacial score (nSPS) is 18.8. The van der Waals surface area contributed by atoms with Crippen LogP contribution in [0.2, 0.25) is 0 Å². The molecule has 100 valence electrons. The summed E-state index contributed by atoms with van der Waals surface area (Å²) in [6.07, 6.45) is 3.16. The van der Waals surface area contributed by atoms with Crippen molar-refractivity contribution in [1.82, 2.24) is 9.29 Å². The van der Waals surface area contributed by atoms with E-state index in [9.17, 15) is 8.42 Å². The van der Waals surface area contributed by atoms with E-state index < -0.39 is 10.0 Å². The van der Waals surface area contributed by atoms with E-state index in [0.29, 0.717) is 24.8 Å². The minimum absolute atomic E-state index is 0.219. The molecule has 1 saturated heterocycles. The van der Waals surface area contributed by atoms with Gasteiger partial charge >= 0.3 is 0 Å².